The molecule has 2 aromatic rings. The van der Waals surface area contributed by atoms with Crippen LogP contribution in [0.4, 0.5) is 5.69 Å². The Kier molecular flexibility index (Phi) is 5.24. The van der Waals surface area contributed by atoms with Gasteiger partial charge in [0, 0.05) is 11.6 Å². The van der Waals surface area contributed by atoms with Crippen molar-refractivity contribution in [1.29, 1.82) is 0 Å². The van der Waals surface area contributed by atoms with Gasteiger partial charge in [-0.05, 0) is 30.7 Å². The van der Waals surface area contributed by atoms with Crippen LogP contribution in [0.15, 0.2) is 48.5 Å². The number of halogens is 1. The molecule has 0 aromatic heterocycles. The number of morpholine rings is 1. The Morgan fingerprint density at radius 3 is 2.75 bits per heavy atom. The summed E-state index contributed by atoms with van der Waals surface area (Å²) in [6.07, 6.45) is -0.277. The van der Waals surface area contributed by atoms with Crippen molar-refractivity contribution in [2.24, 2.45) is 0 Å². The smallest absolute Gasteiger partial charge is 0.265 e. The van der Waals surface area contributed by atoms with Crippen molar-refractivity contribution in [3.63, 3.8) is 0 Å². The molecule has 7 heteroatoms. The zero-order chi connectivity index (χ0) is 19.7. The number of anilines is 1. The molecule has 0 N–H and O–H groups in total. The molecule has 0 aliphatic carbocycles. The minimum Gasteiger partial charge on any atom is -0.482 e. The molecular weight excluding hydrogens is 380 g/mol. The molecule has 2 aromatic carbocycles. The molecule has 2 amide bonds. The van der Waals surface area contributed by atoms with E-state index in [-0.39, 0.29) is 37.2 Å². The maximum absolute atomic E-state index is 13.0. The average Bonchev–Trinajstić information content (AvgIpc) is 2.70. The van der Waals surface area contributed by atoms with E-state index in [2.05, 4.69) is 0 Å². The number of hydrogen-bond acceptors (Lipinski definition) is 4. The molecule has 0 spiro atoms. The van der Waals surface area contributed by atoms with E-state index in [1.165, 1.54) is 4.90 Å². The molecule has 28 heavy (non-hydrogen) atoms. The van der Waals surface area contributed by atoms with Crippen molar-refractivity contribution in [2.45, 2.75) is 19.1 Å². The summed E-state index contributed by atoms with van der Waals surface area (Å²) in [6.45, 7) is 2.75. The normalized spacial score (nSPS) is 21.9. The summed E-state index contributed by atoms with van der Waals surface area (Å²) < 4.78 is 11.5. The average molecular weight is 401 g/mol. The maximum atomic E-state index is 13.0. The van der Waals surface area contributed by atoms with E-state index in [4.69, 9.17) is 21.1 Å². The zero-order valence-corrected chi connectivity index (χ0v) is 16.3. The van der Waals surface area contributed by atoms with Crippen LogP contribution < -0.4 is 9.64 Å². The third-order valence-electron chi connectivity index (χ3n) is 4.94. The van der Waals surface area contributed by atoms with Gasteiger partial charge in [0.1, 0.15) is 18.4 Å². The fraction of sp³-hybridized carbons (Fsp3) is 0.333. The van der Waals surface area contributed by atoms with Crippen LogP contribution in [-0.4, -0.2) is 49.1 Å². The van der Waals surface area contributed by atoms with Gasteiger partial charge in [0.25, 0.3) is 5.91 Å². The van der Waals surface area contributed by atoms with Gasteiger partial charge in [0.15, 0.2) is 6.61 Å². The van der Waals surface area contributed by atoms with Crippen molar-refractivity contribution < 1.29 is 19.1 Å². The quantitative estimate of drug-likeness (QED) is 0.794. The van der Waals surface area contributed by atoms with Crippen molar-refractivity contribution >= 4 is 29.1 Å². The van der Waals surface area contributed by atoms with Gasteiger partial charge in [-0.1, -0.05) is 41.9 Å². The third-order valence-corrected chi connectivity index (χ3v) is 5.18. The lowest BCUT2D eigenvalue weighted by atomic mass is 10.1. The molecular formula is C21H21ClN2O4. The van der Waals surface area contributed by atoms with Crippen LogP contribution in [0.5, 0.6) is 5.75 Å². The topological polar surface area (TPSA) is 59.1 Å². The summed E-state index contributed by atoms with van der Waals surface area (Å²) in [5.74, 6) is 0.163. The van der Waals surface area contributed by atoms with Gasteiger partial charge in [0.2, 0.25) is 5.91 Å². The molecule has 6 nitrogen and oxygen atoms in total. The lowest BCUT2D eigenvalue weighted by molar-refractivity contribution is -0.144. The summed E-state index contributed by atoms with van der Waals surface area (Å²) in [5, 5.41) is 0.485. The first-order valence-electron chi connectivity index (χ1n) is 9.22. The standard InChI is InChI=1S/C21H21ClN2O4/c1-14-10-23(11-19(28-14)15-5-3-2-4-6-15)20(25)12-24-17-9-16(22)7-8-18(17)27-13-21(24)26/h2-9,14,19H,10-13H2,1H3/t14-,19-/m1/s1. The van der Waals surface area contributed by atoms with E-state index < -0.39 is 0 Å². The third kappa shape index (κ3) is 3.84. The van der Waals surface area contributed by atoms with Crippen molar-refractivity contribution in [1.82, 2.24) is 4.90 Å². The fourth-order valence-corrected chi connectivity index (χ4v) is 3.76. The molecule has 2 aliphatic rings. The van der Waals surface area contributed by atoms with E-state index in [1.54, 1.807) is 23.1 Å². The SMILES string of the molecule is C[C@@H]1CN(C(=O)CN2C(=O)COc3ccc(Cl)cc32)C[C@H](c2ccccc2)O1. The highest BCUT2D eigenvalue weighted by atomic mass is 35.5. The van der Waals surface area contributed by atoms with Crippen LogP contribution in [0, 0.1) is 0 Å². The van der Waals surface area contributed by atoms with E-state index in [0.29, 0.717) is 29.5 Å². The highest BCUT2D eigenvalue weighted by molar-refractivity contribution is 6.31. The molecule has 2 atom stereocenters. The Morgan fingerprint density at radius 2 is 1.96 bits per heavy atom. The van der Waals surface area contributed by atoms with Crippen molar-refractivity contribution in [3.05, 3.63) is 59.1 Å². The van der Waals surface area contributed by atoms with Gasteiger partial charge in [-0.15, -0.1) is 0 Å². The number of amides is 2. The summed E-state index contributed by atoms with van der Waals surface area (Å²) >= 11 is 6.08. The summed E-state index contributed by atoms with van der Waals surface area (Å²) in [7, 11) is 0. The number of nitrogens with zero attached hydrogens (tertiary/aromatic N) is 2. The van der Waals surface area contributed by atoms with Gasteiger partial charge >= 0.3 is 0 Å². The van der Waals surface area contributed by atoms with E-state index >= 15 is 0 Å². The summed E-state index contributed by atoms with van der Waals surface area (Å²) in [4.78, 5) is 28.6. The number of rotatable bonds is 3. The number of fused-ring (bicyclic) bond motifs is 1. The van der Waals surface area contributed by atoms with Gasteiger partial charge in [-0.25, -0.2) is 0 Å². The second-order valence-corrected chi connectivity index (χ2v) is 7.46. The van der Waals surface area contributed by atoms with Gasteiger partial charge in [0.05, 0.1) is 18.3 Å². The second kappa shape index (κ2) is 7.81. The van der Waals surface area contributed by atoms with Crippen LogP contribution in [0.2, 0.25) is 5.02 Å². The number of ether oxygens (including phenoxy) is 2. The summed E-state index contributed by atoms with van der Waals surface area (Å²) in [5.41, 5.74) is 1.56. The van der Waals surface area contributed by atoms with Crippen molar-refractivity contribution in [2.75, 3.05) is 31.1 Å². The van der Waals surface area contributed by atoms with E-state index in [1.807, 2.05) is 37.3 Å². The largest absolute Gasteiger partial charge is 0.482 e. The van der Waals surface area contributed by atoms with Crippen LogP contribution in [0.25, 0.3) is 0 Å². The van der Waals surface area contributed by atoms with Crippen molar-refractivity contribution in [3.8, 4) is 5.75 Å². The molecule has 4 rings (SSSR count). The molecule has 0 bridgehead atoms. The minimum atomic E-state index is -0.260. The van der Waals surface area contributed by atoms with Gasteiger partial charge in [-0.3, -0.25) is 14.5 Å². The molecule has 2 aliphatic heterocycles. The lowest BCUT2D eigenvalue weighted by Crippen LogP contribution is -2.51. The fourth-order valence-electron chi connectivity index (χ4n) is 3.59. The molecule has 1 fully saturated rings. The Bertz CT molecular complexity index is 889. The first-order valence-corrected chi connectivity index (χ1v) is 9.60. The number of carbonyl (C=O) groups is 2. The van der Waals surface area contributed by atoms with Crippen LogP contribution in [-0.2, 0) is 14.3 Å². The first kappa shape index (κ1) is 18.8. The molecule has 2 heterocycles. The maximum Gasteiger partial charge on any atom is 0.265 e. The van der Waals surface area contributed by atoms with Crippen LogP contribution in [0.3, 0.4) is 0 Å². The molecule has 1 saturated heterocycles. The monoisotopic (exact) mass is 400 g/mol. The predicted molar refractivity (Wildman–Crippen MR) is 106 cm³/mol. The highest BCUT2D eigenvalue weighted by Gasteiger charge is 2.33. The van der Waals surface area contributed by atoms with Crippen LogP contribution >= 0.6 is 11.6 Å². The zero-order valence-electron chi connectivity index (χ0n) is 15.5. The molecule has 0 unspecified atom stereocenters. The molecule has 0 saturated carbocycles. The number of carbonyl (C=O) groups excluding carboxylic acids is 2. The second-order valence-electron chi connectivity index (χ2n) is 7.03. The summed E-state index contributed by atoms with van der Waals surface area (Å²) in [6, 6.07) is 14.9. The molecule has 0 radical (unpaired) electrons. The lowest BCUT2D eigenvalue weighted by Gasteiger charge is -2.38. The first-order chi connectivity index (χ1) is 13.5. The van der Waals surface area contributed by atoms with E-state index in [0.717, 1.165) is 5.56 Å². The van der Waals surface area contributed by atoms with E-state index in [9.17, 15) is 9.59 Å². The Hall–Kier alpha value is -2.57. The van der Waals surface area contributed by atoms with Gasteiger partial charge in [-0.2, -0.15) is 0 Å². The number of benzene rings is 2. The van der Waals surface area contributed by atoms with Gasteiger partial charge < -0.3 is 14.4 Å². The Balaban J connectivity index is 1.52. The predicted octanol–water partition coefficient (Wildman–Crippen LogP) is 3.05. The van der Waals surface area contributed by atoms with Crippen LogP contribution in [0.1, 0.15) is 18.6 Å². The number of hydrogen-bond donors (Lipinski definition) is 0. The minimum absolute atomic E-state index is 0.0518. The molecule has 146 valence electrons. The Morgan fingerprint density at radius 1 is 1.18 bits per heavy atom. The Labute approximate surface area is 168 Å². The highest BCUT2D eigenvalue weighted by Crippen LogP contribution is 2.34.